The Bertz CT molecular complexity index is 445. The molecule has 0 aliphatic carbocycles. The number of rotatable bonds is 26. The van der Waals surface area contributed by atoms with Crippen molar-refractivity contribution < 1.29 is 19.8 Å². The Morgan fingerprint density at radius 1 is 0.389 bits per heavy atom. The molecular formula is C32H62O4. The van der Waals surface area contributed by atoms with Gasteiger partial charge in [-0.15, -0.1) is 12.8 Å². The van der Waals surface area contributed by atoms with E-state index >= 15 is 0 Å². The number of hydrogen-bond acceptors (Lipinski definition) is 2. The standard InChI is InChI=1S/C18H36O2.C12H24O2.C2H2/c1-2-3-4-5-6-7-8-9-10-11-12-13-14-15-16-17-18(19)20;1-2-3-4-5-6-7-8-9-10-11-12(13)14;1-2/h2-17H2,1H3,(H,19,20);2-11H2,1H3,(H,13,14);1-2H. The number of carboxylic acids is 2. The van der Waals surface area contributed by atoms with E-state index in [9.17, 15) is 9.59 Å². The van der Waals surface area contributed by atoms with E-state index in [0.29, 0.717) is 12.8 Å². The summed E-state index contributed by atoms with van der Waals surface area (Å²) < 4.78 is 0. The molecule has 2 N–H and O–H groups in total. The number of hydrogen-bond donors (Lipinski definition) is 2. The van der Waals surface area contributed by atoms with Gasteiger partial charge in [-0.3, -0.25) is 9.59 Å². The largest absolute Gasteiger partial charge is 0.481 e. The van der Waals surface area contributed by atoms with Crippen LogP contribution in [0.25, 0.3) is 0 Å². The Balaban J connectivity index is -0.000000597. The van der Waals surface area contributed by atoms with Gasteiger partial charge in [-0.05, 0) is 12.8 Å². The molecular weight excluding hydrogens is 448 g/mol. The average molecular weight is 511 g/mol. The lowest BCUT2D eigenvalue weighted by molar-refractivity contribution is -0.138. The van der Waals surface area contributed by atoms with Crippen molar-refractivity contribution in [2.24, 2.45) is 0 Å². The summed E-state index contributed by atoms with van der Waals surface area (Å²) in [7, 11) is 0. The van der Waals surface area contributed by atoms with Gasteiger partial charge >= 0.3 is 11.9 Å². The minimum Gasteiger partial charge on any atom is -0.481 e. The van der Waals surface area contributed by atoms with Gasteiger partial charge < -0.3 is 10.2 Å². The van der Waals surface area contributed by atoms with E-state index in [2.05, 4.69) is 26.7 Å². The van der Waals surface area contributed by atoms with Gasteiger partial charge in [0.15, 0.2) is 0 Å². The lowest BCUT2D eigenvalue weighted by Crippen LogP contribution is -1.93. The first-order chi connectivity index (χ1) is 17.5. The van der Waals surface area contributed by atoms with Gasteiger partial charge in [0.05, 0.1) is 0 Å². The quantitative estimate of drug-likeness (QED) is 0.0896. The summed E-state index contributed by atoms with van der Waals surface area (Å²) in [6, 6.07) is 0. The Morgan fingerprint density at radius 3 is 0.722 bits per heavy atom. The molecule has 0 aliphatic heterocycles. The zero-order valence-corrected chi connectivity index (χ0v) is 24.3. The monoisotopic (exact) mass is 510 g/mol. The molecule has 4 nitrogen and oxygen atoms in total. The predicted octanol–water partition coefficient (Wildman–Crippen LogP) is 10.6. The van der Waals surface area contributed by atoms with Crippen LogP contribution in [0.2, 0.25) is 0 Å². The van der Waals surface area contributed by atoms with Gasteiger partial charge in [0.25, 0.3) is 0 Å². The van der Waals surface area contributed by atoms with Crippen LogP contribution in [0.4, 0.5) is 0 Å². The summed E-state index contributed by atoms with van der Waals surface area (Å²) >= 11 is 0. The molecule has 0 aliphatic rings. The van der Waals surface area contributed by atoms with Crippen molar-refractivity contribution in [2.75, 3.05) is 0 Å². The second-order valence-corrected chi connectivity index (χ2v) is 10.1. The number of unbranched alkanes of at least 4 members (excludes halogenated alkanes) is 22. The van der Waals surface area contributed by atoms with E-state index in [4.69, 9.17) is 10.2 Å². The molecule has 36 heavy (non-hydrogen) atoms. The van der Waals surface area contributed by atoms with Crippen molar-refractivity contribution >= 4 is 11.9 Å². The van der Waals surface area contributed by atoms with Crippen LogP contribution in [0, 0.1) is 12.8 Å². The van der Waals surface area contributed by atoms with E-state index in [1.165, 1.54) is 128 Å². The summed E-state index contributed by atoms with van der Waals surface area (Å²) in [5, 5.41) is 16.9. The third-order valence-electron chi connectivity index (χ3n) is 6.49. The fraction of sp³-hybridized carbons (Fsp3) is 0.875. The molecule has 0 saturated carbocycles. The van der Waals surface area contributed by atoms with Gasteiger partial charge in [0, 0.05) is 12.8 Å². The first kappa shape index (κ1) is 39.0. The van der Waals surface area contributed by atoms with Crippen LogP contribution < -0.4 is 0 Å². The van der Waals surface area contributed by atoms with Gasteiger partial charge in [-0.1, -0.05) is 155 Å². The lowest BCUT2D eigenvalue weighted by atomic mass is 10.0. The molecule has 214 valence electrons. The van der Waals surface area contributed by atoms with Crippen molar-refractivity contribution in [3.63, 3.8) is 0 Å². The predicted molar refractivity (Wildman–Crippen MR) is 157 cm³/mol. The summed E-state index contributed by atoms with van der Waals surface area (Å²) in [4.78, 5) is 20.5. The maximum absolute atomic E-state index is 10.3. The van der Waals surface area contributed by atoms with Gasteiger partial charge in [-0.2, -0.15) is 0 Å². The summed E-state index contributed by atoms with van der Waals surface area (Å²) in [6.45, 7) is 4.50. The minimum atomic E-state index is -0.659. The van der Waals surface area contributed by atoms with E-state index in [1.54, 1.807) is 0 Å². The SMILES string of the molecule is C#C.CCCCCCCCCCCC(=O)O.CCCCCCCCCCCCCCCCCC(=O)O. The Hall–Kier alpha value is -1.50. The van der Waals surface area contributed by atoms with E-state index < -0.39 is 11.9 Å². The molecule has 0 fully saturated rings. The van der Waals surface area contributed by atoms with Crippen LogP contribution in [0.15, 0.2) is 0 Å². The second kappa shape index (κ2) is 38.0. The molecule has 0 saturated heterocycles. The van der Waals surface area contributed by atoms with Crippen LogP contribution in [0.5, 0.6) is 0 Å². The van der Waals surface area contributed by atoms with Crippen molar-refractivity contribution in [1.82, 2.24) is 0 Å². The maximum atomic E-state index is 10.3. The van der Waals surface area contributed by atoms with Gasteiger partial charge in [-0.25, -0.2) is 0 Å². The topological polar surface area (TPSA) is 74.6 Å². The normalized spacial score (nSPS) is 10.1. The van der Waals surface area contributed by atoms with Gasteiger partial charge in [0.1, 0.15) is 0 Å². The van der Waals surface area contributed by atoms with Crippen LogP contribution in [0.1, 0.15) is 181 Å². The third kappa shape index (κ3) is 45.9. The van der Waals surface area contributed by atoms with Gasteiger partial charge in [0.2, 0.25) is 0 Å². The molecule has 0 radical (unpaired) electrons. The Labute approximate surface area is 225 Å². The highest BCUT2D eigenvalue weighted by Crippen LogP contribution is 2.14. The molecule has 0 aromatic carbocycles. The number of terminal acetylenes is 1. The second-order valence-electron chi connectivity index (χ2n) is 10.1. The molecule has 0 atom stereocenters. The smallest absolute Gasteiger partial charge is 0.303 e. The minimum absolute atomic E-state index is 0.343. The average Bonchev–Trinajstić information content (AvgIpc) is 2.86. The Kier molecular flexibility index (Phi) is 41.2. The number of aliphatic carboxylic acids is 2. The van der Waals surface area contributed by atoms with Crippen molar-refractivity contribution in [2.45, 2.75) is 181 Å². The molecule has 0 heterocycles. The van der Waals surface area contributed by atoms with Crippen LogP contribution in [-0.2, 0) is 9.59 Å². The zero-order chi connectivity index (χ0) is 27.5. The first-order valence-electron chi connectivity index (χ1n) is 15.3. The lowest BCUT2D eigenvalue weighted by Gasteiger charge is -2.03. The van der Waals surface area contributed by atoms with Crippen molar-refractivity contribution in [1.29, 1.82) is 0 Å². The highest BCUT2D eigenvalue weighted by Gasteiger charge is 1.98. The Morgan fingerprint density at radius 2 is 0.556 bits per heavy atom. The van der Waals surface area contributed by atoms with Crippen LogP contribution in [-0.4, -0.2) is 22.2 Å². The highest BCUT2D eigenvalue weighted by atomic mass is 16.4. The van der Waals surface area contributed by atoms with E-state index in [0.717, 1.165) is 25.7 Å². The molecule has 0 aromatic heterocycles. The highest BCUT2D eigenvalue weighted by molar-refractivity contribution is 5.66. The fourth-order valence-corrected chi connectivity index (χ4v) is 4.23. The fourth-order valence-electron chi connectivity index (χ4n) is 4.23. The number of carboxylic acid groups (broad SMARTS) is 2. The molecule has 4 heteroatoms. The van der Waals surface area contributed by atoms with Crippen LogP contribution >= 0.6 is 0 Å². The molecule has 0 amide bonds. The summed E-state index contributed by atoms with van der Waals surface area (Å²) in [6.07, 6.45) is 39.7. The molecule has 0 rings (SSSR count). The molecule has 0 aromatic rings. The van der Waals surface area contributed by atoms with E-state index in [1.807, 2.05) is 0 Å². The molecule has 0 bridgehead atoms. The molecule has 0 unspecified atom stereocenters. The molecule has 0 spiro atoms. The zero-order valence-electron chi connectivity index (χ0n) is 24.3. The van der Waals surface area contributed by atoms with Crippen molar-refractivity contribution in [3.05, 3.63) is 0 Å². The van der Waals surface area contributed by atoms with Crippen LogP contribution in [0.3, 0.4) is 0 Å². The third-order valence-corrected chi connectivity index (χ3v) is 6.49. The van der Waals surface area contributed by atoms with Crippen molar-refractivity contribution in [3.8, 4) is 12.8 Å². The van der Waals surface area contributed by atoms with E-state index in [-0.39, 0.29) is 0 Å². The summed E-state index contributed by atoms with van der Waals surface area (Å²) in [5.74, 6) is -1.31. The maximum Gasteiger partial charge on any atom is 0.303 e. The first-order valence-corrected chi connectivity index (χ1v) is 15.3. The summed E-state index contributed by atoms with van der Waals surface area (Å²) in [5.41, 5.74) is 0. The number of carbonyl (C=O) groups is 2.